The van der Waals surface area contributed by atoms with Crippen LogP contribution in [0.2, 0.25) is 0 Å². The van der Waals surface area contributed by atoms with Crippen LogP contribution in [-0.4, -0.2) is 28.6 Å². The molecule has 21 heavy (non-hydrogen) atoms. The second-order valence-electron chi connectivity index (χ2n) is 5.41. The predicted molar refractivity (Wildman–Crippen MR) is 79.7 cm³/mol. The van der Waals surface area contributed by atoms with E-state index in [-0.39, 0.29) is 11.9 Å². The van der Waals surface area contributed by atoms with E-state index in [1.807, 2.05) is 43.3 Å². The fourth-order valence-electron chi connectivity index (χ4n) is 2.76. The van der Waals surface area contributed by atoms with Crippen molar-refractivity contribution in [1.82, 2.24) is 10.1 Å². The molecule has 5 nitrogen and oxygen atoms in total. The molecule has 1 amide bonds. The SMILES string of the molecule is Cc1cc(CN2CCC[C@H]2C(=O)Nc2ccccc2)no1. The van der Waals surface area contributed by atoms with Gasteiger partial charge in [0.05, 0.1) is 11.7 Å². The fraction of sp³-hybridized carbons (Fsp3) is 0.375. The molecule has 0 unspecified atom stereocenters. The molecule has 3 rings (SSSR count). The summed E-state index contributed by atoms with van der Waals surface area (Å²) in [5.41, 5.74) is 1.72. The lowest BCUT2D eigenvalue weighted by Crippen LogP contribution is -2.39. The number of benzene rings is 1. The van der Waals surface area contributed by atoms with Gasteiger partial charge in [-0.25, -0.2) is 0 Å². The molecule has 2 aromatic rings. The van der Waals surface area contributed by atoms with Crippen LogP contribution in [0.1, 0.15) is 24.3 Å². The maximum atomic E-state index is 12.4. The molecule has 1 N–H and O–H groups in total. The van der Waals surface area contributed by atoms with Crippen LogP contribution < -0.4 is 5.32 Å². The molecule has 1 atom stereocenters. The zero-order valence-electron chi connectivity index (χ0n) is 12.1. The normalized spacial score (nSPS) is 18.8. The van der Waals surface area contributed by atoms with E-state index >= 15 is 0 Å². The standard InChI is InChI=1S/C16H19N3O2/c1-12-10-14(18-21-12)11-19-9-5-8-15(19)16(20)17-13-6-3-2-4-7-13/h2-4,6-7,10,15H,5,8-9,11H2,1H3,(H,17,20)/t15-/m0/s1. The third kappa shape index (κ3) is 3.31. The summed E-state index contributed by atoms with van der Waals surface area (Å²) < 4.78 is 5.09. The van der Waals surface area contributed by atoms with Crippen LogP contribution in [0, 0.1) is 6.92 Å². The average Bonchev–Trinajstić information content (AvgIpc) is 3.10. The monoisotopic (exact) mass is 285 g/mol. The highest BCUT2D eigenvalue weighted by atomic mass is 16.5. The topological polar surface area (TPSA) is 58.4 Å². The number of para-hydroxylation sites is 1. The Bertz CT molecular complexity index is 609. The molecule has 1 aliphatic heterocycles. The van der Waals surface area contributed by atoms with Crippen molar-refractivity contribution in [2.24, 2.45) is 0 Å². The molecule has 1 saturated heterocycles. The van der Waals surface area contributed by atoms with Gasteiger partial charge in [0.15, 0.2) is 0 Å². The molecule has 0 spiro atoms. The number of nitrogens with zero attached hydrogens (tertiary/aromatic N) is 2. The van der Waals surface area contributed by atoms with Gasteiger partial charge < -0.3 is 9.84 Å². The summed E-state index contributed by atoms with van der Waals surface area (Å²) in [6, 6.07) is 11.4. The van der Waals surface area contributed by atoms with Crippen LogP contribution in [0.4, 0.5) is 5.69 Å². The zero-order chi connectivity index (χ0) is 14.7. The van der Waals surface area contributed by atoms with Crippen molar-refractivity contribution in [1.29, 1.82) is 0 Å². The minimum Gasteiger partial charge on any atom is -0.361 e. The first kappa shape index (κ1) is 13.8. The van der Waals surface area contributed by atoms with E-state index in [9.17, 15) is 4.79 Å². The van der Waals surface area contributed by atoms with Gasteiger partial charge in [0.25, 0.3) is 0 Å². The lowest BCUT2D eigenvalue weighted by molar-refractivity contribution is -0.120. The number of amides is 1. The second kappa shape index (κ2) is 6.10. The molecular weight excluding hydrogens is 266 g/mol. The number of anilines is 1. The number of aromatic nitrogens is 1. The van der Waals surface area contributed by atoms with Gasteiger partial charge in [-0.1, -0.05) is 23.4 Å². The molecule has 0 saturated carbocycles. The predicted octanol–water partition coefficient (Wildman–Crippen LogP) is 2.59. The summed E-state index contributed by atoms with van der Waals surface area (Å²) in [4.78, 5) is 14.6. The molecule has 1 aromatic carbocycles. The number of nitrogens with one attached hydrogen (secondary N) is 1. The number of hydrogen-bond donors (Lipinski definition) is 1. The Morgan fingerprint density at radius 1 is 1.43 bits per heavy atom. The highest BCUT2D eigenvalue weighted by Crippen LogP contribution is 2.21. The Kier molecular flexibility index (Phi) is 4.01. The molecule has 0 bridgehead atoms. The molecule has 1 aliphatic rings. The third-order valence-electron chi connectivity index (χ3n) is 3.75. The highest BCUT2D eigenvalue weighted by Gasteiger charge is 2.31. The summed E-state index contributed by atoms with van der Waals surface area (Å²) in [6.45, 7) is 3.45. The summed E-state index contributed by atoms with van der Waals surface area (Å²) >= 11 is 0. The van der Waals surface area contributed by atoms with Crippen molar-refractivity contribution in [2.45, 2.75) is 32.4 Å². The van der Waals surface area contributed by atoms with E-state index in [1.54, 1.807) is 0 Å². The number of likely N-dealkylation sites (tertiary alicyclic amines) is 1. The molecule has 1 aromatic heterocycles. The molecule has 110 valence electrons. The Balaban J connectivity index is 1.64. The fourth-order valence-corrected chi connectivity index (χ4v) is 2.76. The first-order valence-corrected chi connectivity index (χ1v) is 7.24. The van der Waals surface area contributed by atoms with Crippen molar-refractivity contribution in [3.8, 4) is 0 Å². The van der Waals surface area contributed by atoms with Crippen LogP contribution in [0.3, 0.4) is 0 Å². The minimum atomic E-state index is -0.0952. The van der Waals surface area contributed by atoms with Gasteiger partial charge in [0, 0.05) is 18.3 Å². The zero-order valence-corrected chi connectivity index (χ0v) is 12.1. The Hall–Kier alpha value is -2.14. The Morgan fingerprint density at radius 3 is 2.95 bits per heavy atom. The van der Waals surface area contributed by atoms with Crippen molar-refractivity contribution in [2.75, 3.05) is 11.9 Å². The van der Waals surface area contributed by atoms with E-state index in [2.05, 4.69) is 15.4 Å². The van der Waals surface area contributed by atoms with Crippen molar-refractivity contribution >= 4 is 11.6 Å². The number of aryl methyl sites for hydroxylation is 1. The van der Waals surface area contributed by atoms with Gasteiger partial charge in [-0.2, -0.15) is 0 Å². The van der Waals surface area contributed by atoms with Gasteiger partial charge in [-0.05, 0) is 38.4 Å². The van der Waals surface area contributed by atoms with Gasteiger partial charge >= 0.3 is 0 Å². The van der Waals surface area contributed by atoms with Gasteiger partial charge in [-0.3, -0.25) is 9.69 Å². The van der Waals surface area contributed by atoms with Crippen LogP contribution in [0.5, 0.6) is 0 Å². The maximum Gasteiger partial charge on any atom is 0.241 e. The molecule has 0 radical (unpaired) electrons. The molecular formula is C16H19N3O2. The number of hydrogen-bond acceptors (Lipinski definition) is 4. The van der Waals surface area contributed by atoms with E-state index in [0.717, 1.165) is 36.5 Å². The number of rotatable bonds is 4. The van der Waals surface area contributed by atoms with Gasteiger partial charge in [-0.15, -0.1) is 0 Å². The quantitative estimate of drug-likeness (QED) is 0.938. The molecule has 2 heterocycles. The van der Waals surface area contributed by atoms with E-state index in [0.29, 0.717) is 6.54 Å². The third-order valence-corrected chi connectivity index (χ3v) is 3.75. The summed E-state index contributed by atoms with van der Waals surface area (Å²) in [6.07, 6.45) is 1.92. The number of carbonyl (C=O) groups excluding carboxylic acids is 1. The Morgan fingerprint density at radius 2 is 2.24 bits per heavy atom. The Labute approximate surface area is 123 Å². The van der Waals surface area contributed by atoms with Crippen LogP contribution in [-0.2, 0) is 11.3 Å². The van der Waals surface area contributed by atoms with E-state index < -0.39 is 0 Å². The maximum absolute atomic E-state index is 12.4. The molecule has 0 aliphatic carbocycles. The molecule has 1 fully saturated rings. The highest BCUT2D eigenvalue weighted by molar-refractivity contribution is 5.94. The van der Waals surface area contributed by atoms with Crippen LogP contribution in [0.25, 0.3) is 0 Å². The number of carbonyl (C=O) groups is 1. The summed E-state index contributed by atoms with van der Waals surface area (Å²) in [5.74, 6) is 0.855. The van der Waals surface area contributed by atoms with Crippen molar-refractivity contribution in [3.05, 3.63) is 47.9 Å². The van der Waals surface area contributed by atoms with Gasteiger partial charge in [0.1, 0.15) is 5.76 Å². The largest absolute Gasteiger partial charge is 0.361 e. The van der Waals surface area contributed by atoms with Gasteiger partial charge in [0.2, 0.25) is 5.91 Å². The summed E-state index contributed by atoms with van der Waals surface area (Å²) in [7, 11) is 0. The molecule has 5 heteroatoms. The second-order valence-corrected chi connectivity index (χ2v) is 5.41. The first-order chi connectivity index (χ1) is 10.2. The van der Waals surface area contributed by atoms with Crippen molar-refractivity contribution in [3.63, 3.8) is 0 Å². The smallest absolute Gasteiger partial charge is 0.241 e. The van der Waals surface area contributed by atoms with Crippen LogP contribution in [0.15, 0.2) is 40.9 Å². The lowest BCUT2D eigenvalue weighted by Gasteiger charge is -2.22. The average molecular weight is 285 g/mol. The minimum absolute atomic E-state index is 0.0546. The van der Waals surface area contributed by atoms with Crippen molar-refractivity contribution < 1.29 is 9.32 Å². The van der Waals surface area contributed by atoms with E-state index in [1.165, 1.54) is 0 Å². The first-order valence-electron chi connectivity index (χ1n) is 7.24. The van der Waals surface area contributed by atoms with E-state index in [4.69, 9.17) is 4.52 Å². The summed E-state index contributed by atoms with van der Waals surface area (Å²) in [5, 5.41) is 6.99. The lowest BCUT2D eigenvalue weighted by atomic mass is 10.2. The van der Waals surface area contributed by atoms with Crippen LogP contribution >= 0.6 is 0 Å².